The Hall–Kier alpha value is -0.420. The highest BCUT2D eigenvalue weighted by atomic mass is 35.5. The van der Waals surface area contributed by atoms with Crippen molar-refractivity contribution in [3.05, 3.63) is 33.8 Å². The van der Waals surface area contributed by atoms with E-state index in [0.29, 0.717) is 15.8 Å². The Balaban J connectivity index is 1.78. The Labute approximate surface area is 139 Å². The Kier molecular flexibility index (Phi) is 6.68. The van der Waals surface area contributed by atoms with Crippen LogP contribution in [-0.4, -0.2) is 30.9 Å². The fraction of sp³-hybridized carbons (Fsp3) is 0.533. The molecule has 1 aromatic carbocycles. The standard InChI is InChI=1S/C15H19Cl2NO2S/c1-10(11-2-3-13(16)14(17)8-11)21-9-15(19)18-12-4-6-20-7-5-12/h2-3,8,10,12H,4-7,9H2,1H3,(H,18,19)/t10-/m1/s1. The highest BCUT2D eigenvalue weighted by molar-refractivity contribution is 8.00. The van der Waals surface area contributed by atoms with Gasteiger partial charge in [0.2, 0.25) is 5.91 Å². The molecule has 0 bridgehead atoms. The summed E-state index contributed by atoms with van der Waals surface area (Å²) in [7, 11) is 0. The maximum Gasteiger partial charge on any atom is 0.230 e. The number of halogens is 2. The second-order valence-corrected chi connectivity index (χ2v) is 7.22. The van der Waals surface area contributed by atoms with Gasteiger partial charge in [-0.05, 0) is 37.5 Å². The number of rotatable bonds is 5. The third kappa shape index (κ3) is 5.37. The maximum absolute atomic E-state index is 11.9. The van der Waals surface area contributed by atoms with Crippen molar-refractivity contribution in [2.75, 3.05) is 19.0 Å². The van der Waals surface area contributed by atoms with Crippen molar-refractivity contribution in [1.82, 2.24) is 5.32 Å². The summed E-state index contributed by atoms with van der Waals surface area (Å²) in [5.74, 6) is 0.525. The van der Waals surface area contributed by atoms with Crippen molar-refractivity contribution in [1.29, 1.82) is 0 Å². The Morgan fingerprint density at radius 1 is 1.38 bits per heavy atom. The summed E-state index contributed by atoms with van der Waals surface area (Å²) < 4.78 is 5.28. The van der Waals surface area contributed by atoms with E-state index < -0.39 is 0 Å². The lowest BCUT2D eigenvalue weighted by molar-refractivity contribution is -0.119. The van der Waals surface area contributed by atoms with Crippen LogP contribution in [0.4, 0.5) is 0 Å². The predicted molar refractivity (Wildman–Crippen MR) is 89.3 cm³/mol. The molecule has 21 heavy (non-hydrogen) atoms. The van der Waals surface area contributed by atoms with E-state index in [1.807, 2.05) is 12.1 Å². The van der Waals surface area contributed by atoms with Crippen LogP contribution >= 0.6 is 35.0 Å². The van der Waals surface area contributed by atoms with Gasteiger partial charge in [0, 0.05) is 24.5 Å². The smallest absolute Gasteiger partial charge is 0.230 e. The van der Waals surface area contributed by atoms with Crippen LogP contribution in [0.25, 0.3) is 0 Å². The van der Waals surface area contributed by atoms with Crippen molar-refractivity contribution < 1.29 is 9.53 Å². The van der Waals surface area contributed by atoms with E-state index in [9.17, 15) is 4.79 Å². The summed E-state index contributed by atoms with van der Waals surface area (Å²) in [5, 5.41) is 4.35. The van der Waals surface area contributed by atoms with Gasteiger partial charge in [-0.3, -0.25) is 4.79 Å². The van der Waals surface area contributed by atoms with Gasteiger partial charge >= 0.3 is 0 Å². The van der Waals surface area contributed by atoms with Crippen molar-refractivity contribution in [2.24, 2.45) is 0 Å². The van der Waals surface area contributed by atoms with Crippen LogP contribution in [0.3, 0.4) is 0 Å². The molecule has 0 saturated carbocycles. The Bertz CT molecular complexity index is 493. The van der Waals surface area contributed by atoms with E-state index in [2.05, 4.69) is 12.2 Å². The third-order valence-corrected chi connectivity index (χ3v) is 5.40. The van der Waals surface area contributed by atoms with Crippen LogP contribution in [0.15, 0.2) is 18.2 Å². The molecule has 0 aromatic heterocycles. The van der Waals surface area contributed by atoms with E-state index in [0.717, 1.165) is 31.6 Å². The SMILES string of the molecule is C[C@@H](SCC(=O)NC1CCOCC1)c1ccc(Cl)c(Cl)c1. The number of hydrogen-bond acceptors (Lipinski definition) is 3. The van der Waals surface area contributed by atoms with Gasteiger partial charge in [-0.1, -0.05) is 29.3 Å². The van der Waals surface area contributed by atoms with E-state index in [1.54, 1.807) is 17.8 Å². The van der Waals surface area contributed by atoms with Gasteiger partial charge in [0.1, 0.15) is 0 Å². The topological polar surface area (TPSA) is 38.3 Å². The van der Waals surface area contributed by atoms with Gasteiger partial charge < -0.3 is 10.1 Å². The average molecular weight is 348 g/mol. The summed E-state index contributed by atoms with van der Waals surface area (Å²) in [6, 6.07) is 5.85. The molecule has 1 heterocycles. The molecule has 0 unspecified atom stereocenters. The molecular weight excluding hydrogens is 329 g/mol. The molecule has 1 fully saturated rings. The molecule has 1 aliphatic heterocycles. The van der Waals surface area contributed by atoms with Crippen LogP contribution in [-0.2, 0) is 9.53 Å². The van der Waals surface area contributed by atoms with E-state index in [-0.39, 0.29) is 17.2 Å². The van der Waals surface area contributed by atoms with Crippen molar-refractivity contribution in [3.63, 3.8) is 0 Å². The van der Waals surface area contributed by atoms with Gasteiger partial charge in [-0.25, -0.2) is 0 Å². The zero-order valence-electron chi connectivity index (χ0n) is 11.9. The molecule has 116 valence electrons. The molecule has 1 saturated heterocycles. The number of benzene rings is 1. The summed E-state index contributed by atoms with van der Waals surface area (Å²) in [5.41, 5.74) is 1.08. The van der Waals surface area contributed by atoms with Crippen LogP contribution in [0.2, 0.25) is 10.0 Å². The molecule has 0 radical (unpaired) electrons. The Morgan fingerprint density at radius 3 is 2.76 bits per heavy atom. The van der Waals surface area contributed by atoms with Crippen LogP contribution in [0.5, 0.6) is 0 Å². The van der Waals surface area contributed by atoms with Gasteiger partial charge in [0.05, 0.1) is 15.8 Å². The Morgan fingerprint density at radius 2 is 2.10 bits per heavy atom. The average Bonchev–Trinajstić information content (AvgIpc) is 2.48. The molecule has 1 aliphatic rings. The second kappa shape index (κ2) is 8.28. The van der Waals surface area contributed by atoms with Crippen molar-refractivity contribution >= 4 is 40.9 Å². The first kappa shape index (κ1) is 16.9. The lowest BCUT2D eigenvalue weighted by Gasteiger charge is -2.23. The largest absolute Gasteiger partial charge is 0.381 e. The van der Waals surface area contributed by atoms with Gasteiger partial charge in [0.15, 0.2) is 0 Å². The van der Waals surface area contributed by atoms with Crippen LogP contribution in [0.1, 0.15) is 30.6 Å². The number of amides is 1. The van der Waals surface area contributed by atoms with Crippen LogP contribution < -0.4 is 5.32 Å². The van der Waals surface area contributed by atoms with Gasteiger partial charge in [0.25, 0.3) is 0 Å². The van der Waals surface area contributed by atoms with E-state index >= 15 is 0 Å². The zero-order chi connectivity index (χ0) is 15.2. The number of ether oxygens (including phenoxy) is 1. The predicted octanol–water partition coefficient (Wildman–Crippen LogP) is 4.08. The number of hydrogen-bond donors (Lipinski definition) is 1. The minimum absolute atomic E-state index is 0.0822. The highest BCUT2D eigenvalue weighted by Crippen LogP contribution is 2.32. The normalized spacial score (nSPS) is 17.5. The third-order valence-electron chi connectivity index (χ3n) is 3.46. The first-order valence-corrected chi connectivity index (χ1v) is 8.80. The van der Waals surface area contributed by atoms with Gasteiger partial charge in [-0.15, -0.1) is 11.8 Å². The minimum Gasteiger partial charge on any atom is -0.381 e. The molecule has 1 amide bonds. The first-order chi connectivity index (χ1) is 10.1. The molecular formula is C15H19Cl2NO2S. The maximum atomic E-state index is 11.9. The number of carbonyl (C=O) groups is 1. The number of nitrogens with one attached hydrogen (secondary N) is 1. The lowest BCUT2D eigenvalue weighted by atomic mass is 10.1. The summed E-state index contributed by atoms with van der Waals surface area (Å²) in [6.45, 7) is 3.53. The van der Waals surface area contributed by atoms with E-state index in [4.69, 9.17) is 27.9 Å². The van der Waals surface area contributed by atoms with Crippen LogP contribution in [0, 0.1) is 0 Å². The van der Waals surface area contributed by atoms with Gasteiger partial charge in [-0.2, -0.15) is 0 Å². The molecule has 3 nitrogen and oxygen atoms in total. The first-order valence-electron chi connectivity index (χ1n) is 7.00. The molecule has 1 N–H and O–H groups in total. The fourth-order valence-corrected chi connectivity index (χ4v) is 3.30. The number of carbonyl (C=O) groups excluding carboxylic acids is 1. The van der Waals surface area contributed by atoms with Crippen molar-refractivity contribution in [3.8, 4) is 0 Å². The molecule has 1 aromatic rings. The molecule has 0 spiro atoms. The van der Waals surface area contributed by atoms with Crippen molar-refractivity contribution in [2.45, 2.75) is 31.1 Å². The number of thioether (sulfide) groups is 1. The fourth-order valence-electron chi connectivity index (χ4n) is 2.17. The summed E-state index contributed by atoms with van der Waals surface area (Å²) >= 11 is 13.5. The van der Waals surface area contributed by atoms with E-state index in [1.165, 1.54) is 0 Å². The quantitative estimate of drug-likeness (QED) is 0.871. The summed E-state index contributed by atoms with van der Waals surface area (Å²) in [4.78, 5) is 11.9. The molecule has 2 rings (SSSR count). The highest BCUT2D eigenvalue weighted by Gasteiger charge is 2.17. The molecule has 6 heteroatoms. The monoisotopic (exact) mass is 347 g/mol. The molecule has 0 aliphatic carbocycles. The molecule has 1 atom stereocenters. The second-order valence-electron chi connectivity index (χ2n) is 5.08. The summed E-state index contributed by atoms with van der Waals surface area (Å²) in [6.07, 6.45) is 1.80. The minimum atomic E-state index is 0.0822. The zero-order valence-corrected chi connectivity index (χ0v) is 14.2. The lowest BCUT2D eigenvalue weighted by Crippen LogP contribution is -2.39.